The zero-order valence-electron chi connectivity index (χ0n) is 14.1. The van der Waals surface area contributed by atoms with Gasteiger partial charge < -0.3 is 5.32 Å². The fourth-order valence-electron chi connectivity index (χ4n) is 4.26. The Bertz CT molecular complexity index is 248. The van der Waals surface area contributed by atoms with Crippen LogP contribution in [-0.4, -0.2) is 12.6 Å². The molecule has 0 bridgehead atoms. The molecule has 1 aliphatic heterocycles. The van der Waals surface area contributed by atoms with Gasteiger partial charge in [-0.15, -0.1) is 0 Å². The van der Waals surface area contributed by atoms with Crippen molar-refractivity contribution < 1.29 is 0 Å². The molecule has 2 aliphatic rings. The van der Waals surface area contributed by atoms with E-state index in [0.717, 1.165) is 12.0 Å². The lowest BCUT2D eigenvalue weighted by atomic mass is 9.79. The van der Waals surface area contributed by atoms with Crippen LogP contribution < -0.4 is 5.32 Å². The van der Waals surface area contributed by atoms with Crippen molar-refractivity contribution in [2.45, 2.75) is 103 Å². The van der Waals surface area contributed by atoms with Crippen molar-refractivity contribution in [1.29, 1.82) is 0 Å². The highest BCUT2D eigenvalue weighted by molar-refractivity contribution is 4.82. The smallest absolute Gasteiger partial charge is 0.00955 e. The summed E-state index contributed by atoms with van der Waals surface area (Å²) in [7, 11) is 0. The molecule has 0 aromatic carbocycles. The van der Waals surface area contributed by atoms with Gasteiger partial charge in [0.1, 0.15) is 0 Å². The van der Waals surface area contributed by atoms with Crippen LogP contribution in [0.1, 0.15) is 97.3 Å². The summed E-state index contributed by atoms with van der Waals surface area (Å²) in [5.74, 6) is 0.960. The molecule has 1 aliphatic carbocycles. The second kappa shape index (κ2) is 8.41. The molecule has 1 saturated carbocycles. The van der Waals surface area contributed by atoms with Gasteiger partial charge >= 0.3 is 0 Å². The van der Waals surface area contributed by atoms with E-state index in [4.69, 9.17) is 0 Å². The Hall–Kier alpha value is -0.0400. The highest BCUT2D eigenvalue weighted by Crippen LogP contribution is 2.34. The van der Waals surface area contributed by atoms with Crippen LogP contribution in [0.2, 0.25) is 0 Å². The lowest BCUT2D eigenvalue weighted by Crippen LogP contribution is -2.37. The molecule has 20 heavy (non-hydrogen) atoms. The van der Waals surface area contributed by atoms with Crippen molar-refractivity contribution in [3.05, 3.63) is 0 Å². The standard InChI is InChI=1S/C19H37N/c1-19(2)14-9-10-16-20-18(13-15-19)17-11-7-5-3-4-6-8-12-17/h17-18,20H,3-16H2,1-2H3. The molecule has 0 spiro atoms. The lowest BCUT2D eigenvalue weighted by molar-refractivity contribution is 0.244. The van der Waals surface area contributed by atoms with Gasteiger partial charge in [0.15, 0.2) is 0 Å². The number of rotatable bonds is 1. The molecule has 0 amide bonds. The summed E-state index contributed by atoms with van der Waals surface area (Å²) in [6.45, 7) is 6.23. The van der Waals surface area contributed by atoms with Crippen molar-refractivity contribution in [1.82, 2.24) is 5.32 Å². The lowest BCUT2D eigenvalue weighted by Gasteiger charge is -2.31. The van der Waals surface area contributed by atoms with Crippen LogP contribution in [0.4, 0.5) is 0 Å². The molecule has 0 radical (unpaired) electrons. The Balaban J connectivity index is 1.91. The molecule has 2 rings (SSSR count). The van der Waals surface area contributed by atoms with Gasteiger partial charge in [0, 0.05) is 6.04 Å². The average Bonchev–Trinajstić information content (AvgIpc) is 2.59. The van der Waals surface area contributed by atoms with Crippen LogP contribution in [0.15, 0.2) is 0 Å². The predicted octanol–water partition coefficient (Wildman–Crippen LogP) is 5.69. The van der Waals surface area contributed by atoms with Crippen LogP contribution >= 0.6 is 0 Å². The third kappa shape index (κ3) is 5.76. The SMILES string of the molecule is CC1(C)CCCCNC(C2CCCCCCCC2)CC1. The number of nitrogens with one attached hydrogen (secondary N) is 1. The van der Waals surface area contributed by atoms with Crippen molar-refractivity contribution in [3.63, 3.8) is 0 Å². The van der Waals surface area contributed by atoms with Gasteiger partial charge in [-0.1, -0.05) is 58.8 Å². The van der Waals surface area contributed by atoms with Crippen LogP contribution in [0, 0.1) is 11.3 Å². The van der Waals surface area contributed by atoms with Crippen LogP contribution in [0.5, 0.6) is 0 Å². The molecule has 1 heterocycles. The van der Waals surface area contributed by atoms with Gasteiger partial charge in [-0.05, 0) is 56.4 Å². The average molecular weight is 280 g/mol. The Kier molecular flexibility index (Phi) is 6.87. The minimum atomic E-state index is 0.572. The molecule has 0 aromatic rings. The molecular formula is C19H37N. The predicted molar refractivity (Wildman–Crippen MR) is 89.1 cm³/mol. The molecule has 1 nitrogen and oxygen atoms in total. The monoisotopic (exact) mass is 279 g/mol. The molecule has 1 N–H and O–H groups in total. The maximum absolute atomic E-state index is 3.94. The molecule has 1 heteroatoms. The van der Waals surface area contributed by atoms with E-state index in [1.807, 2.05) is 0 Å². The van der Waals surface area contributed by atoms with E-state index in [2.05, 4.69) is 19.2 Å². The normalized spacial score (nSPS) is 31.2. The first-order chi connectivity index (χ1) is 9.67. The first kappa shape index (κ1) is 16.3. The van der Waals surface area contributed by atoms with E-state index in [1.165, 1.54) is 90.0 Å². The molecule has 1 atom stereocenters. The minimum absolute atomic E-state index is 0.572. The van der Waals surface area contributed by atoms with E-state index >= 15 is 0 Å². The van der Waals surface area contributed by atoms with E-state index < -0.39 is 0 Å². The van der Waals surface area contributed by atoms with Gasteiger partial charge in [-0.25, -0.2) is 0 Å². The third-order valence-electron chi connectivity index (χ3n) is 5.79. The maximum atomic E-state index is 3.94. The third-order valence-corrected chi connectivity index (χ3v) is 5.79. The molecule has 2 fully saturated rings. The topological polar surface area (TPSA) is 12.0 Å². The molecule has 1 unspecified atom stereocenters. The molecule has 1 saturated heterocycles. The van der Waals surface area contributed by atoms with E-state index in [-0.39, 0.29) is 0 Å². The summed E-state index contributed by atoms with van der Waals surface area (Å²) >= 11 is 0. The zero-order chi connectivity index (χ0) is 14.3. The summed E-state index contributed by atoms with van der Waals surface area (Å²) in [5.41, 5.74) is 0.572. The van der Waals surface area contributed by atoms with Crippen molar-refractivity contribution >= 4 is 0 Å². The van der Waals surface area contributed by atoms with Crippen molar-refractivity contribution in [2.24, 2.45) is 11.3 Å². The molecular weight excluding hydrogens is 242 g/mol. The van der Waals surface area contributed by atoms with Gasteiger partial charge in [-0.3, -0.25) is 0 Å². The second-order valence-electron chi connectivity index (χ2n) is 8.18. The Morgan fingerprint density at radius 1 is 0.700 bits per heavy atom. The fraction of sp³-hybridized carbons (Fsp3) is 1.00. The highest BCUT2D eigenvalue weighted by Gasteiger charge is 2.26. The number of hydrogen-bond acceptors (Lipinski definition) is 1. The summed E-state index contributed by atoms with van der Waals surface area (Å²) in [5, 5.41) is 3.94. The van der Waals surface area contributed by atoms with Gasteiger partial charge in [0.05, 0.1) is 0 Å². The van der Waals surface area contributed by atoms with Crippen LogP contribution in [0.3, 0.4) is 0 Å². The minimum Gasteiger partial charge on any atom is -0.314 e. The molecule has 118 valence electrons. The van der Waals surface area contributed by atoms with E-state index in [0.29, 0.717) is 5.41 Å². The summed E-state index contributed by atoms with van der Waals surface area (Å²) in [4.78, 5) is 0. The first-order valence-electron chi connectivity index (χ1n) is 9.41. The second-order valence-corrected chi connectivity index (χ2v) is 8.18. The van der Waals surface area contributed by atoms with Crippen molar-refractivity contribution in [3.8, 4) is 0 Å². The summed E-state index contributed by atoms with van der Waals surface area (Å²) in [6.07, 6.45) is 18.9. The first-order valence-corrected chi connectivity index (χ1v) is 9.41. The van der Waals surface area contributed by atoms with E-state index in [1.54, 1.807) is 0 Å². The van der Waals surface area contributed by atoms with E-state index in [9.17, 15) is 0 Å². The summed E-state index contributed by atoms with van der Waals surface area (Å²) < 4.78 is 0. The van der Waals surface area contributed by atoms with Crippen LogP contribution in [-0.2, 0) is 0 Å². The largest absolute Gasteiger partial charge is 0.314 e. The fourth-order valence-corrected chi connectivity index (χ4v) is 4.26. The van der Waals surface area contributed by atoms with Crippen LogP contribution in [0.25, 0.3) is 0 Å². The van der Waals surface area contributed by atoms with Crippen molar-refractivity contribution in [2.75, 3.05) is 6.54 Å². The molecule has 0 aromatic heterocycles. The Morgan fingerprint density at radius 3 is 2.05 bits per heavy atom. The Morgan fingerprint density at radius 2 is 1.35 bits per heavy atom. The van der Waals surface area contributed by atoms with Gasteiger partial charge in [0.2, 0.25) is 0 Å². The van der Waals surface area contributed by atoms with Gasteiger partial charge in [0.25, 0.3) is 0 Å². The number of hydrogen-bond donors (Lipinski definition) is 1. The van der Waals surface area contributed by atoms with Gasteiger partial charge in [-0.2, -0.15) is 0 Å². The highest BCUT2D eigenvalue weighted by atomic mass is 14.9. The quantitative estimate of drug-likeness (QED) is 0.650. The summed E-state index contributed by atoms with van der Waals surface area (Å²) in [6, 6.07) is 0.811. The Labute approximate surface area is 127 Å². The zero-order valence-corrected chi connectivity index (χ0v) is 14.1. The maximum Gasteiger partial charge on any atom is 0.00955 e.